The minimum atomic E-state index is -0.341. The van der Waals surface area contributed by atoms with E-state index in [2.05, 4.69) is 36.7 Å². The molecule has 1 aliphatic carbocycles. The topological polar surface area (TPSA) is 21.5 Å². The second kappa shape index (κ2) is 5.03. The Morgan fingerprint density at radius 3 is 2.67 bits per heavy atom. The van der Waals surface area contributed by atoms with Crippen molar-refractivity contribution in [1.29, 1.82) is 0 Å². The first-order chi connectivity index (χ1) is 10.1. The van der Waals surface area contributed by atoms with Gasteiger partial charge < -0.3 is 4.40 Å². The van der Waals surface area contributed by atoms with Gasteiger partial charge in [-0.05, 0) is 50.3 Å². The summed E-state index contributed by atoms with van der Waals surface area (Å²) in [5.41, 5.74) is 4.00. The third kappa shape index (κ3) is 1.90. The highest BCUT2D eigenvalue weighted by atomic mass is 16.1. The Balaban J connectivity index is 2.22. The largest absolute Gasteiger partial charge is 0.320 e. The van der Waals surface area contributed by atoms with Gasteiger partial charge in [0.05, 0.1) is 0 Å². The highest BCUT2D eigenvalue weighted by molar-refractivity contribution is 6.05. The number of aromatic nitrogens is 1. The molecule has 2 aromatic rings. The number of aryl methyl sites for hydroxylation is 2. The van der Waals surface area contributed by atoms with E-state index in [1.54, 1.807) is 0 Å². The Bertz CT molecular complexity index is 725. The fourth-order valence-electron chi connectivity index (χ4n) is 3.76. The molecule has 0 amide bonds. The molecule has 0 fully saturated rings. The van der Waals surface area contributed by atoms with Gasteiger partial charge in [0.15, 0.2) is 5.78 Å². The Labute approximate surface area is 125 Å². The van der Waals surface area contributed by atoms with E-state index in [4.69, 9.17) is 0 Å². The zero-order valence-corrected chi connectivity index (χ0v) is 12.6. The van der Waals surface area contributed by atoms with Crippen LogP contribution in [0.25, 0.3) is 5.52 Å². The van der Waals surface area contributed by atoms with Crippen molar-refractivity contribution in [3.8, 4) is 0 Å². The highest BCUT2D eigenvalue weighted by Crippen LogP contribution is 2.44. The Kier molecular flexibility index (Phi) is 3.32. The molecule has 0 bridgehead atoms. The average molecular weight is 279 g/mol. The normalized spacial score (nSPS) is 16.7. The Morgan fingerprint density at radius 2 is 2.00 bits per heavy atom. The van der Waals surface area contributed by atoms with Crippen LogP contribution in [0.5, 0.6) is 0 Å². The predicted molar refractivity (Wildman–Crippen MR) is 86.8 cm³/mol. The van der Waals surface area contributed by atoms with E-state index >= 15 is 0 Å². The molecule has 0 aliphatic heterocycles. The van der Waals surface area contributed by atoms with Crippen LogP contribution in [0.1, 0.15) is 40.9 Å². The number of rotatable bonds is 4. The fourth-order valence-corrected chi connectivity index (χ4v) is 3.76. The van der Waals surface area contributed by atoms with Gasteiger partial charge in [-0.15, -0.1) is 13.2 Å². The van der Waals surface area contributed by atoms with Gasteiger partial charge in [0.2, 0.25) is 0 Å². The third-order valence-electron chi connectivity index (χ3n) is 4.82. The van der Waals surface area contributed by atoms with Crippen molar-refractivity contribution in [3.05, 3.63) is 66.5 Å². The van der Waals surface area contributed by atoms with Crippen molar-refractivity contribution >= 4 is 11.3 Å². The number of fused-ring (bicyclic) bond motifs is 3. The van der Waals surface area contributed by atoms with Crippen molar-refractivity contribution in [2.24, 2.45) is 5.41 Å². The van der Waals surface area contributed by atoms with Gasteiger partial charge in [-0.2, -0.15) is 0 Å². The lowest BCUT2D eigenvalue weighted by atomic mass is 9.67. The predicted octanol–water partition coefficient (Wildman–Crippen LogP) is 4.52. The van der Waals surface area contributed by atoms with E-state index in [1.165, 1.54) is 0 Å². The molecule has 1 aliphatic rings. The van der Waals surface area contributed by atoms with Gasteiger partial charge >= 0.3 is 0 Å². The number of pyridine rings is 1. The van der Waals surface area contributed by atoms with Crippen molar-refractivity contribution in [2.75, 3.05) is 0 Å². The fraction of sp³-hybridized carbons (Fsp3) is 0.316. The summed E-state index contributed by atoms with van der Waals surface area (Å²) in [6.45, 7) is 9.75. The van der Waals surface area contributed by atoms with Crippen LogP contribution in [-0.4, -0.2) is 10.2 Å². The second-order valence-electron chi connectivity index (χ2n) is 6.00. The van der Waals surface area contributed by atoms with E-state index in [0.717, 1.165) is 48.0 Å². The van der Waals surface area contributed by atoms with Gasteiger partial charge in [-0.1, -0.05) is 18.2 Å². The maximum absolute atomic E-state index is 13.2. The second-order valence-corrected chi connectivity index (χ2v) is 6.00. The molecule has 0 unspecified atom stereocenters. The summed E-state index contributed by atoms with van der Waals surface area (Å²) in [6, 6.07) is 6.13. The molecule has 3 rings (SSSR count). The van der Waals surface area contributed by atoms with Crippen LogP contribution in [0.2, 0.25) is 0 Å². The van der Waals surface area contributed by atoms with Crippen molar-refractivity contribution < 1.29 is 4.79 Å². The van der Waals surface area contributed by atoms with E-state index in [-0.39, 0.29) is 11.2 Å². The Morgan fingerprint density at radius 1 is 1.29 bits per heavy atom. The van der Waals surface area contributed by atoms with Crippen molar-refractivity contribution in [2.45, 2.75) is 32.6 Å². The van der Waals surface area contributed by atoms with Crippen LogP contribution in [0.3, 0.4) is 0 Å². The molecule has 0 radical (unpaired) electrons. The van der Waals surface area contributed by atoms with Gasteiger partial charge in [-0.3, -0.25) is 4.79 Å². The van der Waals surface area contributed by atoms with Crippen LogP contribution in [0.15, 0.2) is 49.7 Å². The molecule has 2 aromatic heterocycles. The van der Waals surface area contributed by atoms with Gasteiger partial charge in [-0.25, -0.2) is 0 Å². The number of hydrogen-bond acceptors (Lipinski definition) is 1. The third-order valence-corrected chi connectivity index (χ3v) is 4.82. The summed E-state index contributed by atoms with van der Waals surface area (Å²) in [5.74, 6) is 0.268. The minimum absolute atomic E-state index is 0.268. The maximum atomic E-state index is 13.2. The first kappa shape index (κ1) is 13.9. The van der Waals surface area contributed by atoms with Gasteiger partial charge in [0, 0.05) is 28.4 Å². The molecule has 2 nitrogen and oxygen atoms in total. The lowest BCUT2D eigenvalue weighted by molar-refractivity contribution is 0.0761. The number of ketones is 1. The molecule has 0 aromatic carbocycles. The van der Waals surface area contributed by atoms with Crippen molar-refractivity contribution in [1.82, 2.24) is 4.40 Å². The number of nitrogens with zero attached hydrogens (tertiary/aromatic N) is 1. The summed E-state index contributed by atoms with van der Waals surface area (Å²) >= 11 is 0. The maximum Gasteiger partial charge on any atom is 0.171 e. The summed E-state index contributed by atoms with van der Waals surface area (Å²) < 4.78 is 2.17. The minimum Gasteiger partial charge on any atom is -0.320 e. The summed E-state index contributed by atoms with van der Waals surface area (Å²) in [5, 5.41) is 0. The molecule has 2 heterocycles. The first-order valence-corrected chi connectivity index (χ1v) is 7.50. The van der Waals surface area contributed by atoms with Crippen LogP contribution in [0.4, 0.5) is 0 Å². The number of carbonyl (C=O) groups is 1. The molecular formula is C19H21NO. The van der Waals surface area contributed by atoms with Crippen molar-refractivity contribution in [3.63, 3.8) is 0 Å². The summed E-state index contributed by atoms with van der Waals surface area (Å²) in [7, 11) is 0. The molecular weight excluding hydrogens is 258 g/mol. The van der Waals surface area contributed by atoms with E-state index in [0.29, 0.717) is 0 Å². The summed E-state index contributed by atoms with van der Waals surface area (Å²) in [6.07, 6.45) is 9.06. The Hall–Kier alpha value is -2.09. The van der Waals surface area contributed by atoms with Crippen LogP contribution < -0.4 is 0 Å². The molecule has 0 saturated carbocycles. The van der Waals surface area contributed by atoms with Crippen LogP contribution >= 0.6 is 0 Å². The molecule has 0 N–H and O–H groups in total. The lowest BCUT2D eigenvalue weighted by Gasteiger charge is -2.34. The van der Waals surface area contributed by atoms with Crippen LogP contribution in [0, 0.1) is 12.3 Å². The number of hydrogen-bond donors (Lipinski definition) is 0. The molecule has 0 spiro atoms. The number of carbonyl (C=O) groups excluding carboxylic acids is 1. The van der Waals surface area contributed by atoms with E-state index in [1.807, 2.05) is 24.3 Å². The molecule has 108 valence electrons. The molecule has 0 atom stereocenters. The van der Waals surface area contributed by atoms with Gasteiger partial charge in [0.1, 0.15) is 0 Å². The zero-order chi connectivity index (χ0) is 15.0. The van der Waals surface area contributed by atoms with Crippen LogP contribution in [-0.2, 0) is 6.42 Å². The smallest absolute Gasteiger partial charge is 0.171 e. The monoisotopic (exact) mass is 279 g/mol. The summed E-state index contributed by atoms with van der Waals surface area (Å²) in [4.78, 5) is 13.2. The first-order valence-electron chi connectivity index (χ1n) is 7.50. The van der Waals surface area contributed by atoms with E-state index < -0.39 is 0 Å². The molecule has 2 heteroatoms. The number of Topliss-reactive ketones (excluding diaryl/α,β-unsaturated/α-hetero) is 1. The standard InChI is InChI=1S/C19H21NO/c1-4-10-19(11-5-2)12-9-16-17(18(19)21)14(3)15-8-6-7-13-20(15)16/h4-8,13H,1-2,9-12H2,3H3. The quantitative estimate of drug-likeness (QED) is 0.754. The number of allylic oxidation sites excluding steroid dienone is 2. The zero-order valence-electron chi connectivity index (χ0n) is 12.6. The molecule has 21 heavy (non-hydrogen) atoms. The van der Waals surface area contributed by atoms with Gasteiger partial charge in [0.25, 0.3) is 0 Å². The molecule has 0 saturated heterocycles. The average Bonchev–Trinajstić information content (AvgIpc) is 2.78. The SMILES string of the molecule is C=CCC1(CC=C)CCc2c(c(C)c3ccccn23)C1=O. The highest BCUT2D eigenvalue weighted by Gasteiger charge is 2.42. The lowest BCUT2D eigenvalue weighted by Crippen LogP contribution is -2.35. The van der Waals surface area contributed by atoms with E-state index in [9.17, 15) is 4.79 Å².